The highest BCUT2D eigenvalue weighted by atomic mass is 35.5. The number of aryl methyl sites for hydroxylation is 2. The van der Waals surface area contributed by atoms with Gasteiger partial charge in [-0.3, -0.25) is 14.5 Å². The maximum absolute atomic E-state index is 13.2. The Balaban J connectivity index is 1.50. The van der Waals surface area contributed by atoms with Crippen molar-refractivity contribution < 1.29 is 18.8 Å². The number of imide groups is 1. The minimum atomic E-state index is -1.23. The van der Waals surface area contributed by atoms with Crippen LogP contribution in [0.25, 0.3) is 0 Å². The van der Waals surface area contributed by atoms with Crippen LogP contribution in [0.1, 0.15) is 30.0 Å². The molecule has 1 unspecified atom stereocenters. The fraction of sp³-hybridized carbons (Fsp3) is 0.286. The Hall–Kier alpha value is -2.93. The lowest BCUT2D eigenvalue weighted by Gasteiger charge is -2.23. The quantitative estimate of drug-likeness (QED) is 0.751. The molecule has 150 valence electrons. The maximum Gasteiger partial charge on any atom is 0.325 e. The van der Waals surface area contributed by atoms with E-state index in [1.165, 1.54) is 23.3 Å². The maximum atomic E-state index is 13.2. The summed E-state index contributed by atoms with van der Waals surface area (Å²) in [4.78, 5) is 38.7. The van der Waals surface area contributed by atoms with E-state index in [4.69, 9.17) is 11.6 Å². The fourth-order valence-corrected chi connectivity index (χ4v) is 4.02. The number of anilines is 1. The minimum Gasteiger partial charge on any atom is -0.324 e. The molecule has 1 heterocycles. The first-order chi connectivity index (χ1) is 13.8. The van der Waals surface area contributed by atoms with Gasteiger partial charge in [0.1, 0.15) is 17.9 Å². The fourth-order valence-electron chi connectivity index (χ4n) is 3.84. The van der Waals surface area contributed by atoms with Gasteiger partial charge in [0.05, 0.1) is 5.02 Å². The van der Waals surface area contributed by atoms with Crippen molar-refractivity contribution in [1.29, 1.82) is 0 Å². The number of urea groups is 1. The standard InChI is InChI=1S/C21H19ClFN3O3/c1-21(14-6-5-12-3-2-4-13(12)9-14)19(28)26(20(29)25-21)11-18(27)24-15-7-8-17(23)16(22)10-15/h5-10H,2-4,11H2,1H3,(H,24,27)(H,25,29). The first kappa shape index (κ1) is 19.4. The summed E-state index contributed by atoms with van der Waals surface area (Å²) in [7, 11) is 0. The Bertz CT molecular complexity index is 1040. The van der Waals surface area contributed by atoms with Crippen LogP contribution < -0.4 is 10.6 Å². The van der Waals surface area contributed by atoms with Crippen LogP contribution in [0, 0.1) is 5.82 Å². The zero-order valence-electron chi connectivity index (χ0n) is 15.7. The number of hydrogen-bond acceptors (Lipinski definition) is 3. The Morgan fingerprint density at radius 2 is 1.97 bits per heavy atom. The summed E-state index contributed by atoms with van der Waals surface area (Å²) in [6.45, 7) is 1.18. The smallest absolute Gasteiger partial charge is 0.324 e. The van der Waals surface area contributed by atoms with Crippen molar-refractivity contribution in [2.75, 3.05) is 11.9 Å². The molecule has 0 bridgehead atoms. The third-order valence-corrected chi connectivity index (χ3v) is 5.75. The molecule has 2 N–H and O–H groups in total. The van der Waals surface area contributed by atoms with Crippen molar-refractivity contribution in [3.63, 3.8) is 0 Å². The lowest BCUT2D eigenvalue weighted by Crippen LogP contribution is -2.42. The number of fused-ring (bicyclic) bond motifs is 1. The van der Waals surface area contributed by atoms with Crippen molar-refractivity contribution in [2.45, 2.75) is 31.7 Å². The highest BCUT2D eigenvalue weighted by Gasteiger charge is 2.49. The molecule has 1 saturated heterocycles. The zero-order valence-corrected chi connectivity index (χ0v) is 16.5. The molecule has 1 aliphatic carbocycles. The molecule has 1 aliphatic heterocycles. The topological polar surface area (TPSA) is 78.5 Å². The van der Waals surface area contributed by atoms with E-state index in [1.807, 2.05) is 18.2 Å². The molecule has 0 aromatic heterocycles. The molecule has 6 nitrogen and oxygen atoms in total. The van der Waals surface area contributed by atoms with Crippen LogP contribution in [-0.4, -0.2) is 29.3 Å². The molecule has 2 aliphatic rings. The molecule has 0 saturated carbocycles. The van der Waals surface area contributed by atoms with Gasteiger partial charge in [-0.2, -0.15) is 0 Å². The predicted molar refractivity (Wildman–Crippen MR) is 106 cm³/mol. The number of amides is 4. The van der Waals surface area contributed by atoms with Gasteiger partial charge >= 0.3 is 6.03 Å². The molecule has 1 atom stereocenters. The Morgan fingerprint density at radius 1 is 1.21 bits per heavy atom. The van der Waals surface area contributed by atoms with E-state index in [1.54, 1.807) is 6.92 Å². The van der Waals surface area contributed by atoms with E-state index in [9.17, 15) is 18.8 Å². The highest BCUT2D eigenvalue weighted by molar-refractivity contribution is 6.31. The predicted octanol–water partition coefficient (Wildman–Crippen LogP) is 3.37. The molecular weight excluding hydrogens is 397 g/mol. The van der Waals surface area contributed by atoms with Gasteiger partial charge in [-0.15, -0.1) is 0 Å². The monoisotopic (exact) mass is 415 g/mol. The summed E-state index contributed by atoms with van der Waals surface area (Å²) >= 11 is 5.70. The van der Waals surface area contributed by atoms with Gasteiger partial charge in [-0.1, -0.05) is 29.8 Å². The van der Waals surface area contributed by atoms with Crippen LogP contribution in [0.5, 0.6) is 0 Å². The van der Waals surface area contributed by atoms with Crippen LogP contribution in [0.4, 0.5) is 14.9 Å². The van der Waals surface area contributed by atoms with Crippen LogP contribution in [-0.2, 0) is 28.0 Å². The number of carbonyl (C=O) groups is 3. The summed E-state index contributed by atoms with van der Waals surface area (Å²) in [5, 5.41) is 5.09. The zero-order chi connectivity index (χ0) is 20.8. The molecule has 0 spiro atoms. The summed E-state index contributed by atoms with van der Waals surface area (Å²) in [6, 6.07) is 8.91. The number of nitrogens with zero attached hydrogens (tertiary/aromatic N) is 1. The number of halogens is 2. The number of hydrogen-bond donors (Lipinski definition) is 2. The number of benzene rings is 2. The van der Waals surface area contributed by atoms with Gasteiger partial charge < -0.3 is 10.6 Å². The van der Waals surface area contributed by atoms with E-state index in [0.29, 0.717) is 5.56 Å². The van der Waals surface area contributed by atoms with Crippen molar-refractivity contribution in [3.8, 4) is 0 Å². The molecule has 2 aromatic carbocycles. The van der Waals surface area contributed by atoms with E-state index >= 15 is 0 Å². The number of rotatable bonds is 4. The number of nitrogens with one attached hydrogen (secondary N) is 2. The van der Waals surface area contributed by atoms with Crippen LogP contribution in [0.15, 0.2) is 36.4 Å². The molecule has 8 heteroatoms. The second kappa shape index (κ2) is 7.15. The Labute approximate surface area is 172 Å². The lowest BCUT2D eigenvalue weighted by atomic mass is 9.89. The van der Waals surface area contributed by atoms with Crippen LogP contribution in [0.3, 0.4) is 0 Å². The van der Waals surface area contributed by atoms with E-state index < -0.39 is 35.7 Å². The van der Waals surface area contributed by atoms with Crippen molar-refractivity contribution in [3.05, 3.63) is 63.9 Å². The minimum absolute atomic E-state index is 0.137. The van der Waals surface area contributed by atoms with Gasteiger partial charge in [0.2, 0.25) is 5.91 Å². The molecule has 4 amide bonds. The van der Waals surface area contributed by atoms with Crippen molar-refractivity contribution >= 4 is 35.1 Å². The third-order valence-electron chi connectivity index (χ3n) is 5.46. The first-order valence-electron chi connectivity index (χ1n) is 9.29. The first-order valence-corrected chi connectivity index (χ1v) is 9.67. The van der Waals surface area contributed by atoms with Crippen LogP contribution in [0.2, 0.25) is 5.02 Å². The summed E-state index contributed by atoms with van der Waals surface area (Å²) in [5.41, 5.74) is 2.20. The highest BCUT2D eigenvalue weighted by Crippen LogP contribution is 2.32. The van der Waals surface area contributed by atoms with Gasteiger partial charge in [0, 0.05) is 5.69 Å². The second-order valence-electron chi connectivity index (χ2n) is 7.46. The van der Waals surface area contributed by atoms with Gasteiger partial charge in [-0.05, 0) is 61.1 Å². The van der Waals surface area contributed by atoms with Crippen molar-refractivity contribution in [2.24, 2.45) is 0 Å². The molecule has 1 fully saturated rings. The largest absolute Gasteiger partial charge is 0.325 e. The van der Waals surface area contributed by atoms with E-state index in [2.05, 4.69) is 10.6 Å². The number of carbonyl (C=O) groups excluding carboxylic acids is 3. The van der Waals surface area contributed by atoms with Gasteiger partial charge in [-0.25, -0.2) is 9.18 Å². The normalized spacial score (nSPS) is 20.6. The molecule has 29 heavy (non-hydrogen) atoms. The molecule has 4 rings (SSSR count). The van der Waals surface area contributed by atoms with Crippen LogP contribution >= 0.6 is 11.6 Å². The van der Waals surface area contributed by atoms with Gasteiger partial charge in [0.15, 0.2) is 0 Å². The molecular formula is C21H19ClFN3O3. The van der Waals surface area contributed by atoms with Crippen molar-refractivity contribution in [1.82, 2.24) is 10.2 Å². The summed E-state index contributed by atoms with van der Waals surface area (Å²) in [6.07, 6.45) is 3.05. The third kappa shape index (κ3) is 3.46. The Morgan fingerprint density at radius 3 is 2.72 bits per heavy atom. The average Bonchev–Trinajstić information content (AvgIpc) is 3.23. The Kier molecular flexibility index (Phi) is 4.78. The van der Waals surface area contributed by atoms with Gasteiger partial charge in [0.25, 0.3) is 5.91 Å². The van der Waals surface area contributed by atoms with E-state index in [-0.39, 0.29) is 10.7 Å². The second-order valence-corrected chi connectivity index (χ2v) is 7.87. The average molecular weight is 416 g/mol. The summed E-state index contributed by atoms with van der Waals surface area (Å²) in [5.74, 6) is -1.69. The lowest BCUT2D eigenvalue weighted by molar-refractivity contribution is -0.133. The van der Waals surface area contributed by atoms with E-state index in [0.717, 1.165) is 30.2 Å². The SMILES string of the molecule is CC1(c2ccc3c(c2)CCC3)NC(=O)N(CC(=O)Nc2ccc(F)c(Cl)c2)C1=O. The molecule has 0 radical (unpaired) electrons. The summed E-state index contributed by atoms with van der Waals surface area (Å²) < 4.78 is 13.2. The molecule has 2 aromatic rings.